The summed E-state index contributed by atoms with van der Waals surface area (Å²) in [6, 6.07) is 4.69. The quantitative estimate of drug-likeness (QED) is 0.679. The van der Waals surface area contributed by atoms with Crippen LogP contribution in [-0.2, 0) is 6.42 Å². The van der Waals surface area contributed by atoms with E-state index in [9.17, 15) is 14.7 Å². The van der Waals surface area contributed by atoms with Gasteiger partial charge in [-0.15, -0.1) is 0 Å². The molecule has 1 amide bonds. The zero-order valence-electron chi connectivity index (χ0n) is 13.3. The van der Waals surface area contributed by atoms with Gasteiger partial charge in [-0.05, 0) is 30.7 Å². The summed E-state index contributed by atoms with van der Waals surface area (Å²) in [7, 11) is 1.48. The molecule has 0 aliphatic rings. The van der Waals surface area contributed by atoms with Crippen LogP contribution in [0.4, 0.5) is 0 Å². The van der Waals surface area contributed by atoms with E-state index in [1.54, 1.807) is 6.20 Å². The van der Waals surface area contributed by atoms with Crippen molar-refractivity contribution in [3.63, 3.8) is 0 Å². The van der Waals surface area contributed by atoms with Gasteiger partial charge in [0.2, 0.25) is 0 Å². The second-order valence-corrected chi connectivity index (χ2v) is 5.43. The first-order valence-corrected chi connectivity index (χ1v) is 7.37. The Hall–Kier alpha value is -3.22. The predicted molar refractivity (Wildman–Crippen MR) is 88.2 cm³/mol. The Balaban J connectivity index is 2.06. The van der Waals surface area contributed by atoms with Gasteiger partial charge in [-0.25, -0.2) is 9.78 Å². The number of carbonyl (C=O) groups excluding carboxylic acids is 1. The zero-order chi connectivity index (χ0) is 17.3. The number of hydrogen-bond donors (Lipinski definition) is 3. The molecule has 0 aromatic carbocycles. The summed E-state index contributed by atoms with van der Waals surface area (Å²) < 4.78 is 0. The molecule has 0 fully saturated rings. The predicted octanol–water partition coefficient (Wildman–Crippen LogP) is 1.91. The normalized spacial score (nSPS) is 10.8. The molecule has 0 bridgehead atoms. The van der Waals surface area contributed by atoms with Crippen molar-refractivity contribution in [3.8, 4) is 0 Å². The van der Waals surface area contributed by atoms with Crippen LogP contribution in [0.1, 0.15) is 37.8 Å². The summed E-state index contributed by atoms with van der Waals surface area (Å²) in [5.74, 6) is -1.52. The highest BCUT2D eigenvalue weighted by Crippen LogP contribution is 2.22. The molecule has 3 N–H and O–H groups in total. The molecule has 0 saturated carbocycles. The molecule has 0 spiro atoms. The lowest BCUT2D eigenvalue weighted by Gasteiger charge is -2.08. The zero-order valence-corrected chi connectivity index (χ0v) is 13.3. The van der Waals surface area contributed by atoms with Gasteiger partial charge in [0.25, 0.3) is 5.91 Å². The maximum absolute atomic E-state index is 11.8. The van der Waals surface area contributed by atoms with E-state index in [4.69, 9.17) is 0 Å². The Morgan fingerprint density at radius 1 is 1.33 bits per heavy atom. The summed E-state index contributed by atoms with van der Waals surface area (Å²) >= 11 is 0. The number of aromatic carboxylic acids is 1. The minimum atomic E-state index is -1.10. The third-order valence-corrected chi connectivity index (χ3v) is 3.83. The van der Waals surface area contributed by atoms with E-state index in [2.05, 4.69) is 20.3 Å². The van der Waals surface area contributed by atoms with Crippen LogP contribution in [0.5, 0.6) is 0 Å². The maximum Gasteiger partial charge on any atom is 0.335 e. The first kappa shape index (κ1) is 15.7. The van der Waals surface area contributed by atoms with Crippen LogP contribution in [0.2, 0.25) is 0 Å². The van der Waals surface area contributed by atoms with Gasteiger partial charge in [0.15, 0.2) is 0 Å². The van der Waals surface area contributed by atoms with Crippen molar-refractivity contribution in [2.24, 2.45) is 0 Å². The number of carbonyl (C=O) groups is 2. The van der Waals surface area contributed by atoms with Crippen LogP contribution in [0.25, 0.3) is 10.9 Å². The number of aromatic amines is 1. The molecule has 0 atom stereocenters. The topological polar surface area (TPSA) is 108 Å². The molecule has 24 heavy (non-hydrogen) atoms. The van der Waals surface area contributed by atoms with Crippen LogP contribution in [0.3, 0.4) is 0 Å². The SMILES string of the molecule is CNC(=O)c1cc(C(=O)O)cc(Cc2cnc(C)c3[nH]ccc23)n1. The monoisotopic (exact) mass is 324 g/mol. The number of fused-ring (bicyclic) bond motifs is 1. The molecule has 3 aromatic rings. The molecule has 0 aliphatic heterocycles. The number of hydrogen-bond acceptors (Lipinski definition) is 4. The van der Waals surface area contributed by atoms with Gasteiger partial charge in [0, 0.05) is 36.9 Å². The Labute approximate surface area is 137 Å². The molecule has 0 unspecified atom stereocenters. The van der Waals surface area contributed by atoms with Gasteiger partial charge in [0.1, 0.15) is 5.69 Å². The van der Waals surface area contributed by atoms with Crippen molar-refractivity contribution >= 4 is 22.8 Å². The lowest BCUT2D eigenvalue weighted by molar-refractivity contribution is 0.0696. The number of carboxylic acid groups (broad SMARTS) is 1. The maximum atomic E-state index is 11.8. The number of carboxylic acids is 1. The van der Waals surface area contributed by atoms with Crippen LogP contribution in [0, 0.1) is 6.92 Å². The van der Waals surface area contributed by atoms with Crippen molar-refractivity contribution in [2.75, 3.05) is 7.05 Å². The molecule has 3 heterocycles. The highest BCUT2D eigenvalue weighted by molar-refractivity contribution is 5.96. The molecule has 7 heteroatoms. The standard InChI is InChI=1S/C17H16N4O3/c1-9-15-13(3-4-19-15)11(8-20-9)6-12-5-10(17(23)24)7-14(21-12)16(22)18-2/h3-5,7-8,19H,6H2,1-2H3,(H,18,22)(H,23,24). The lowest BCUT2D eigenvalue weighted by atomic mass is 10.0. The van der Waals surface area contributed by atoms with E-state index < -0.39 is 11.9 Å². The van der Waals surface area contributed by atoms with Gasteiger partial charge in [-0.1, -0.05) is 0 Å². The fraction of sp³-hybridized carbons (Fsp3) is 0.176. The van der Waals surface area contributed by atoms with Gasteiger partial charge in [-0.3, -0.25) is 9.78 Å². The number of nitrogens with one attached hydrogen (secondary N) is 2. The highest BCUT2D eigenvalue weighted by atomic mass is 16.4. The van der Waals surface area contributed by atoms with Crippen molar-refractivity contribution in [1.29, 1.82) is 0 Å². The number of amides is 1. The lowest BCUT2D eigenvalue weighted by Crippen LogP contribution is -2.20. The summed E-state index contributed by atoms with van der Waals surface area (Å²) in [6.07, 6.45) is 3.97. The van der Waals surface area contributed by atoms with Gasteiger partial charge >= 0.3 is 5.97 Å². The van der Waals surface area contributed by atoms with Gasteiger partial charge in [-0.2, -0.15) is 0 Å². The summed E-state index contributed by atoms with van der Waals surface area (Å²) in [6.45, 7) is 1.91. The van der Waals surface area contributed by atoms with Crippen LogP contribution in [0.15, 0.2) is 30.6 Å². The number of pyridine rings is 2. The number of aryl methyl sites for hydroxylation is 1. The van der Waals surface area contributed by atoms with Crippen LogP contribution < -0.4 is 5.32 Å². The third-order valence-electron chi connectivity index (χ3n) is 3.83. The number of aromatic nitrogens is 3. The van der Waals surface area contributed by atoms with E-state index in [-0.39, 0.29) is 11.3 Å². The Morgan fingerprint density at radius 3 is 2.83 bits per heavy atom. The minimum Gasteiger partial charge on any atom is -0.478 e. The highest BCUT2D eigenvalue weighted by Gasteiger charge is 2.14. The van der Waals surface area contributed by atoms with E-state index in [0.29, 0.717) is 12.1 Å². The largest absolute Gasteiger partial charge is 0.478 e. The first-order valence-electron chi connectivity index (χ1n) is 7.37. The van der Waals surface area contributed by atoms with Crippen LogP contribution >= 0.6 is 0 Å². The average Bonchev–Trinajstić information content (AvgIpc) is 3.07. The molecule has 3 aromatic heterocycles. The molecule has 0 saturated heterocycles. The molecule has 122 valence electrons. The first-order chi connectivity index (χ1) is 11.5. The Kier molecular flexibility index (Phi) is 3.99. The molecule has 0 radical (unpaired) electrons. The van der Waals surface area contributed by atoms with Crippen molar-refractivity contribution in [1.82, 2.24) is 20.3 Å². The number of nitrogens with zero attached hydrogens (tertiary/aromatic N) is 2. The Morgan fingerprint density at radius 2 is 2.12 bits per heavy atom. The summed E-state index contributed by atoms with van der Waals surface area (Å²) in [4.78, 5) is 34.9. The second kappa shape index (κ2) is 6.11. The van der Waals surface area contributed by atoms with E-state index >= 15 is 0 Å². The fourth-order valence-electron chi connectivity index (χ4n) is 2.63. The molecule has 7 nitrogen and oxygen atoms in total. The Bertz CT molecular complexity index is 946. The van der Waals surface area contributed by atoms with Gasteiger partial charge < -0.3 is 15.4 Å². The van der Waals surface area contributed by atoms with Crippen LogP contribution in [-0.4, -0.2) is 39.0 Å². The fourth-order valence-corrected chi connectivity index (χ4v) is 2.63. The number of H-pyrrole nitrogens is 1. The minimum absolute atomic E-state index is 0.0315. The summed E-state index contributed by atoms with van der Waals surface area (Å²) in [5.41, 5.74) is 3.35. The van der Waals surface area contributed by atoms with E-state index in [1.165, 1.54) is 19.2 Å². The molecule has 3 rings (SSSR count). The molecular formula is C17H16N4O3. The van der Waals surface area contributed by atoms with Gasteiger partial charge in [0.05, 0.1) is 16.8 Å². The molecular weight excluding hydrogens is 308 g/mol. The van der Waals surface area contributed by atoms with Crippen molar-refractivity contribution < 1.29 is 14.7 Å². The van der Waals surface area contributed by atoms with E-state index in [1.807, 2.05) is 19.2 Å². The third kappa shape index (κ3) is 2.83. The number of rotatable bonds is 4. The van der Waals surface area contributed by atoms with Crippen molar-refractivity contribution in [2.45, 2.75) is 13.3 Å². The van der Waals surface area contributed by atoms with E-state index in [0.717, 1.165) is 22.2 Å². The van der Waals surface area contributed by atoms with Crippen molar-refractivity contribution in [3.05, 3.63) is 58.8 Å². The average molecular weight is 324 g/mol. The molecule has 0 aliphatic carbocycles. The smallest absolute Gasteiger partial charge is 0.335 e. The second-order valence-electron chi connectivity index (χ2n) is 5.43. The summed E-state index contributed by atoms with van der Waals surface area (Å²) in [5, 5.41) is 12.7.